The molecule has 14 heavy (non-hydrogen) atoms. The molecule has 2 rings (SSSR count). The van der Waals surface area contributed by atoms with Crippen molar-refractivity contribution in [1.29, 1.82) is 0 Å². The van der Waals surface area contributed by atoms with Crippen molar-refractivity contribution in [2.45, 2.75) is 31.5 Å². The van der Waals surface area contributed by atoms with Gasteiger partial charge in [-0.25, -0.2) is 0 Å². The van der Waals surface area contributed by atoms with E-state index < -0.39 is 18.7 Å². The molecular formula is C14H18. The molecule has 0 radical (unpaired) electrons. The summed E-state index contributed by atoms with van der Waals surface area (Å²) in [4.78, 5) is 0. The van der Waals surface area contributed by atoms with Gasteiger partial charge >= 0.3 is 0 Å². The summed E-state index contributed by atoms with van der Waals surface area (Å²) >= 11 is 0. The van der Waals surface area contributed by atoms with Crippen molar-refractivity contribution < 1.29 is 5.48 Å². The Morgan fingerprint density at radius 2 is 1.86 bits per heavy atom. The third kappa shape index (κ3) is 2.06. The Kier molecular flexibility index (Phi) is 1.83. The first-order valence-electron chi connectivity index (χ1n) is 7.04. The normalized spacial score (nSPS) is 38.6. The first kappa shape index (κ1) is 5.75. The van der Waals surface area contributed by atoms with E-state index in [9.17, 15) is 0 Å². The topological polar surface area (TPSA) is 0 Å². The summed E-state index contributed by atoms with van der Waals surface area (Å²) in [6, 6.07) is 9.65. The molecule has 1 fully saturated rings. The van der Waals surface area contributed by atoms with E-state index in [1.165, 1.54) is 6.08 Å². The van der Waals surface area contributed by atoms with Crippen LogP contribution < -0.4 is 0 Å². The zero-order chi connectivity index (χ0) is 13.4. The molecule has 0 N–H and O–H groups in total. The average molecular weight is 190 g/mol. The molecule has 1 aliphatic carbocycles. The van der Waals surface area contributed by atoms with Gasteiger partial charge in [0, 0.05) is 5.48 Å². The second kappa shape index (κ2) is 4.45. The van der Waals surface area contributed by atoms with E-state index in [-0.39, 0.29) is 5.92 Å². The molecule has 0 aromatic heterocycles. The van der Waals surface area contributed by atoms with E-state index in [0.717, 1.165) is 5.56 Å². The number of allylic oxidation sites excluding steroid dienone is 1. The van der Waals surface area contributed by atoms with Gasteiger partial charge in [-0.15, -0.1) is 6.58 Å². The highest BCUT2D eigenvalue weighted by Crippen LogP contribution is 2.35. The van der Waals surface area contributed by atoms with Gasteiger partial charge in [0.1, 0.15) is 0 Å². The lowest BCUT2D eigenvalue weighted by Gasteiger charge is -2.26. The van der Waals surface area contributed by atoms with Crippen LogP contribution in [-0.2, 0) is 0 Å². The smallest absolute Gasteiger partial charge is 0.0273 e. The van der Waals surface area contributed by atoms with Gasteiger partial charge in [0.15, 0.2) is 0 Å². The Hall–Kier alpha value is -1.04. The summed E-state index contributed by atoms with van der Waals surface area (Å²) in [6.07, 6.45) is -0.935. The maximum absolute atomic E-state index is 8.07. The minimum absolute atomic E-state index is 0.0626. The third-order valence-corrected chi connectivity index (χ3v) is 2.68. The highest BCUT2D eigenvalue weighted by molar-refractivity contribution is 5.20. The molecule has 0 unspecified atom stereocenters. The molecule has 0 bridgehead atoms. The highest BCUT2D eigenvalue weighted by Gasteiger charge is 2.19. The fraction of sp³-hybridized carbons (Fsp3) is 0.429. The number of hydrogen-bond donors (Lipinski definition) is 0. The Balaban J connectivity index is 2.31. The van der Waals surface area contributed by atoms with E-state index in [0.29, 0.717) is 12.8 Å². The number of rotatable bonds is 2. The SMILES string of the molecule is [2H]C1([2H])C[C@H](c2ccccc2)CC([2H])([2H])[C@H]1C=C. The van der Waals surface area contributed by atoms with Crippen LogP contribution in [0.4, 0.5) is 0 Å². The van der Waals surface area contributed by atoms with Gasteiger partial charge in [-0.1, -0.05) is 36.4 Å². The van der Waals surface area contributed by atoms with Gasteiger partial charge in [-0.2, -0.15) is 0 Å². The van der Waals surface area contributed by atoms with Crippen LogP contribution in [0.1, 0.15) is 42.6 Å². The fourth-order valence-corrected chi connectivity index (χ4v) is 1.81. The first-order chi connectivity index (χ1) is 8.37. The second-order valence-corrected chi connectivity index (χ2v) is 3.64. The molecular weight excluding hydrogens is 168 g/mol. The number of benzene rings is 1. The monoisotopic (exact) mass is 190 g/mol. The Morgan fingerprint density at radius 3 is 2.43 bits per heavy atom. The van der Waals surface area contributed by atoms with Crippen LogP contribution >= 0.6 is 0 Å². The molecule has 0 spiro atoms. The van der Waals surface area contributed by atoms with Crippen molar-refractivity contribution in [3.8, 4) is 0 Å². The van der Waals surface area contributed by atoms with E-state index in [1.807, 2.05) is 30.3 Å². The van der Waals surface area contributed by atoms with Gasteiger partial charge in [0.2, 0.25) is 0 Å². The van der Waals surface area contributed by atoms with Crippen LogP contribution in [0.25, 0.3) is 0 Å². The second-order valence-electron chi connectivity index (χ2n) is 3.64. The maximum Gasteiger partial charge on any atom is 0.0273 e. The van der Waals surface area contributed by atoms with Gasteiger partial charge < -0.3 is 0 Å². The zero-order valence-corrected chi connectivity index (χ0v) is 8.24. The molecule has 1 aromatic rings. The Bertz CT molecular complexity index is 407. The standard InChI is InChI=1S/C14H18/c1-2-12-8-10-14(11-9-12)13-6-4-3-5-7-13/h2-7,12,14H,1,8-11H2/t12-,14-/i8D2,9D2. The number of hydrogen-bond acceptors (Lipinski definition) is 0. The molecule has 1 saturated carbocycles. The van der Waals surface area contributed by atoms with Crippen LogP contribution in [0.3, 0.4) is 0 Å². The van der Waals surface area contributed by atoms with Crippen molar-refractivity contribution in [2.24, 2.45) is 5.92 Å². The van der Waals surface area contributed by atoms with Gasteiger partial charge in [-0.05, 0) is 43.0 Å². The summed E-state index contributed by atoms with van der Waals surface area (Å²) < 4.78 is 32.3. The molecule has 74 valence electrons. The summed E-state index contributed by atoms with van der Waals surface area (Å²) in [7, 11) is 0. The Labute approximate surface area is 92.3 Å². The molecule has 0 aliphatic heterocycles. The minimum atomic E-state index is -1.54. The molecule has 0 heteroatoms. The van der Waals surface area contributed by atoms with Gasteiger partial charge in [0.05, 0.1) is 0 Å². The van der Waals surface area contributed by atoms with Crippen molar-refractivity contribution in [3.05, 3.63) is 48.6 Å². The van der Waals surface area contributed by atoms with Crippen LogP contribution in [-0.4, -0.2) is 0 Å². The van der Waals surface area contributed by atoms with E-state index >= 15 is 0 Å². The predicted octanol–water partition coefficient (Wildman–Crippen LogP) is 4.15. The summed E-state index contributed by atoms with van der Waals surface area (Å²) in [5.74, 6) is -0.794. The lowest BCUT2D eigenvalue weighted by Crippen LogP contribution is -2.11. The largest absolute Gasteiger partial charge is 0.103 e. The Morgan fingerprint density at radius 1 is 1.21 bits per heavy atom. The van der Waals surface area contributed by atoms with Crippen molar-refractivity contribution >= 4 is 0 Å². The quantitative estimate of drug-likeness (QED) is 0.615. The van der Waals surface area contributed by atoms with Gasteiger partial charge in [-0.3, -0.25) is 0 Å². The highest BCUT2D eigenvalue weighted by atomic mass is 14.2. The fourth-order valence-electron chi connectivity index (χ4n) is 1.81. The predicted molar refractivity (Wildman–Crippen MR) is 61.3 cm³/mol. The molecule has 0 atom stereocenters. The van der Waals surface area contributed by atoms with Crippen molar-refractivity contribution in [3.63, 3.8) is 0 Å². The van der Waals surface area contributed by atoms with Crippen molar-refractivity contribution in [1.82, 2.24) is 0 Å². The lowest BCUT2D eigenvalue weighted by molar-refractivity contribution is 0.376. The van der Waals surface area contributed by atoms with Crippen LogP contribution in [0, 0.1) is 5.92 Å². The summed E-state index contributed by atoms with van der Waals surface area (Å²) in [6.45, 7) is 3.59. The molecule has 1 aliphatic rings. The third-order valence-electron chi connectivity index (χ3n) is 2.68. The van der Waals surface area contributed by atoms with Crippen LogP contribution in [0.5, 0.6) is 0 Å². The zero-order valence-electron chi connectivity index (χ0n) is 12.2. The van der Waals surface area contributed by atoms with Crippen molar-refractivity contribution in [2.75, 3.05) is 0 Å². The molecule has 0 amide bonds. The van der Waals surface area contributed by atoms with Gasteiger partial charge in [0.25, 0.3) is 0 Å². The molecule has 0 nitrogen and oxygen atoms in total. The van der Waals surface area contributed by atoms with Crippen LogP contribution in [0.2, 0.25) is 0 Å². The summed E-state index contributed by atoms with van der Waals surface area (Å²) in [5.41, 5.74) is 1.02. The maximum atomic E-state index is 8.07. The minimum Gasteiger partial charge on any atom is -0.103 e. The summed E-state index contributed by atoms with van der Waals surface area (Å²) in [5, 5.41) is 0. The molecule has 0 saturated heterocycles. The molecule has 0 heterocycles. The van der Waals surface area contributed by atoms with E-state index in [1.54, 1.807) is 0 Å². The average Bonchev–Trinajstić information content (AvgIpc) is 2.27. The van der Waals surface area contributed by atoms with E-state index in [2.05, 4.69) is 6.58 Å². The van der Waals surface area contributed by atoms with Crippen LogP contribution in [0.15, 0.2) is 43.0 Å². The lowest BCUT2D eigenvalue weighted by atomic mass is 9.79. The van der Waals surface area contributed by atoms with E-state index in [4.69, 9.17) is 5.48 Å². The molecule has 1 aromatic carbocycles. The first-order valence-corrected chi connectivity index (χ1v) is 5.04.